The number of likely N-dealkylation sites (tertiary alicyclic amines) is 1. The summed E-state index contributed by atoms with van der Waals surface area (Å²) in [6, 6.07) is 5.55. The minimum atomic E-state index is -0.866. The lowest BCUT2D eigenvalue weighted by atomic mass is 9.90. The Hall–Kier alpha value is -2.28. The van der Waals surface area contributed by atoms with Crippen LogP contribution in [0.15, 0.2) is 18.2 Å². The third-order valence-corrected chi connectivity index (χ3v) is 4.47. The molecule has 1 unspecified atom stereocenters. The molecular weight excluding hydrogens is 324 g/mol. The van der Waals surface area contributed by atoms with Crippen LogP contribution in [-0.2, 0) is 16.1 Å². The van der Waals surface area contributed by atoms with Crippen LogP contribution < -0.4 is 10.1 Å². The maximum absolute atomic E-state index is 12.3. The number of hydrogen-bond donors (Lipinski definition) is 2. The van der Waals surface area contributed by atoms with E-state index in [9.17, 15) is 14.7 Å². The number of benzene rings is 1. The van der Waals surface area contributed by atoms with Crippen LogP contribution in [-0.4, -0.2) is 55.4 Å². The minimum Gasteiger partial charge on any atom is -0.491 e. The molecule has 2 rings (SSSR count). The zero-order valence-electron chi connectivity index (χ0n) is 15.0. The van der Waals surface area contributed by atoms with Crippen molar-refractivity contribution in [3.05, 3.63) is 29.3 Å². The Morgan fingerprint density at radius 3 is 2.76 bits per heavy atom. The fourth-order valence-electron chi connectivity index (χ4n) is 2.77. The van der Waals surface area contributed by atoms with E-state index in [-0.39, 0.29) is 12.6 Å². The van der Waals surface area contributed by atoms with Gasteiger partial charge in [0, 0.05) is 32.3 Å². The molecule has 1 saturated heterocycles. The molecule has 0 aromatic heterocycles. The zero-order chi connectivity index (χ0) is 18.4. The molecule has 138 valence electrons. The number of carbonyl (C=O) groups excluding carboxylic acids is 1. The van der Waals surface area contributed by atoms with Crippen molar-refractivity contribution in [3.8, 4) is 5.75 Å². The third kappa shape index (κ3) is 4.85. The van der Waals surface area contributed by atoms with Crippen LogP contribution >= 0.6 is 0 Å². The smallest absolute Gasteiger partial charge is 0.317 e. The summed E-state index contributed by atoms with van der Waals surface area (Å²) in [5.41, 5.74) is 1.07. The molecule has 0 saturated carbocycles. The number of hydrogen-bond acceptors (Lipinski definition) is 4. The Balaban J connectivity index is 1.94. The predicted octanol–water partition coefficient (Wildman–Crippen LogP) is 2.03. The molecule has 0 radical (unpaired) electrons. The quantitative estimate of drug-likeness (QED) is 0.735. The molecular formula is C18H26N2O5. The molecule has 0 aliphatic carbocycles. The highest BCUT2D eigenvalue weighted by Gasteiger charge is 2.42. The van der Waals surface area contributed by atoms with Crippen LogP contribution in [0.1, 0.15) is 24.5 Å². The summed E-state index contributed by atoms with van der Waals surface area (Å²) in [5.74, 6) is -0.149. The fraction of sp³-hybridized carbons (Fsp3) is 0.556. The van der Waals surface area contributed by atoms with E-state index in [4.69, 9.17) is 9.47 Å². The molecule has 2 amide bonds. The van der Waals surface area contributed by atoms with Crippen LogP contribution in [0, 0.1) is 12.3 Å². The molecule has 1 heterocycles. The number of nitrogens with zero attached hydrogens (tertiary/aromatic N) is 1. The lowest BCUT2D eigenvalue weighted by Gasteiger charge is -2.21. The molecule has 0 bridgehead atoms. The highest BCUT2D eigenvalue weighted by Crippen LogP contribution is 2.30. The summed E-state index contributed by atoms with van der Waals surface area (Å²) in [6.07, 6.45) is 0.464. The van der Waals surface area contributed by atoms with Crippen molar-refractivity contribution in [3.63, 3.8) is 0 Å². The number of aryl methyl sites for hydroxylation is 1. The van der Waals surface area contributed by atoms with Gasteiger partial charge in [-0.05, 0) is 31.9 Å². The summed E-state index contributed by atoms with van der Waals surface area (Å²) in [6.45, 7) is 5.55. The van der Waals surface area contributed by atoms with Crippen molar-refractivity contribution in [2.24, 2.45) is 5.41 Å². The molecule has 1 fully saturated rings. The summed E-state index contributed by atoms with van der Waals surface area (Å²) in [4.78, 5) is 25.2. The number of carboxylic acid groups (broad SMARTS) is 1. The summed E-state index contributed by atoms with van der Waals surface area (Å²) in [5, 5.41) is 12.1. The van der Waals surface area contributed by atoms with Crippen molar-refractivity contribution in [1.82, 2.24) is 10.2 Å². The SMILES string of the molecule is COCCOc1cc(C)ccc1CNC(=O)N1CCC(C)(C(=O)O)C1. The van der Waals surface area contributed by atoms with Crippen LogP contribution in [0.3, 0.4) is 0 Å². The van der Waals surface area contributed by atoms with E-state index in [0.717, 1.165) is 11.1 Å². The standard InChI is InChI=1S/C18H26N2O5/c1-13-4-5-14(15(10-13)25-9-8-24-3)11-19-17(23)20-7-6-18(2,12-20)16(21)22/h4-5,10H,6-9,11-12H2,1-3H3,(H,19,23)(H,21,22). The van der Waals surface area contributed by atoms with E-state index in [1.807, 2.05) is 25.1 Å². The lowest BCUT2D eigenvalue weighted by Crippen LogP contribution is -2.40. The second kappa shape index (κ2) is 8.20. The minimum absolute atomic E-state index is 0.221. The maximum atomic E-state index is 12.3. The Labute approximate surface area is 147 Å². The van der Waals surface area contributed by atoms with Gasteiger partial charge < -0.3 is 24.8 Å². The number of methoxy groups -OCH3 is 1. The number of carboxylic acids is 1. The first kappa shape index (κ1) is 19.1. The monoisotopic (exact) mass is 350 g/mol. The number of amides is 2. The van der Waals surface area contributed by atoms with Gasteiger partial charge in [-0.15, -0.1) is 0 Å². The van der Waals surface area contributed by atoms with Gasteiger partial charge in [0.15, 0.2) is 0 Å². The van der Waals surface area contributed by atoms with E-state index in [1.165, 1.54) is 0 Å². The number of urea groups is 1. The van der Waals surface area contributed by atoms with Gasteiger partial charge in [0.05, 0.1) is 12.0 Å². The van der Waals surface area contributed by atoms with E-state index in [1.54, 1.807) is 18.9 Å². The Morgan fingerprint density at radius 2 is 2.12 bits per heavy atom. The highest BCUT2D eigenvalue weighted by molar-refractivity contribution is 5.79. The number of rotatable bonds is 7. The molecule has 7 nitrogen and oxygen atoms in total. The van der Waals surface area contributed by atoms with Gasteiger partial charge in [-0.3, -0.25) is 4.79 Å². The van der Waals surface area contributed by atoms with Crippen LogP contribution in [0.4, 0.5) is 4.79 Å². The Bertz CT molecular complexity index is 634. The van der Waals surface area contributed by atoms with Crippen LogP contribution in [0.25, 0.3) is 0 Å². The van der Waals surface area contributed by atoms with Gasteiger partial charge in [0.2, 0.25) is 0 Å². The second-order valence-electron chi connectivity index (χ2n) is 6.65. The molecule has 0 spiro atoms. The predicted molar refractivity (Wildman–Crippen MR) is 92.7 cm³/mol. The van der Waals surface area contributed by atoms with Gasteiger partial charge in [-0.1, -0.05) is 12.1 Å². The number of carbonyl (C=O) groups is 2. The van der Waals surface area contributed by atoms with Crippen molar-refractivity contribution >= 4 is 12.0 Å². The first-order valence-corrected chi connectivity index (χ1v) is 8.33. The van der Waals surface area contributed by atoms with E-state index in [2.05, 4.69) is 5.32 Å². The Kier molecular flexibility index (Phi) is 6.25. The molecule has 1 aromatic carbocycles. The molecule has 1 aliphatic heterocycles. The van der Waals surface area contributed by atoms with Gasteiger partial charge in [-0.25, -0.2) is 4.79 Å². The van der Waals surface area contributed by atoms with Gasteiger partial charge in [-0.2, -0.15) is 0 Å². The molecule has 7 heteroatoms. The van der Waals surface area contributed by atoms with Gasteiger partial charge in [0.25, 0.3) is 0 Å². The maximum Gasteiger partial charge on any atom is 0.317 e. The first-order chi connectivity index (χ1) is 11.9. The number of ether oxygens (including phenoxy) is 2. The van der Waals surface area contributed by atoms with Crippen LogP contribution in [0.2, 0.25) is 0 Å². The summed E-state index contributed by atoms with van der Waals surface area (Å²) < 4.78 is 10.7. The Morgan fingerprint density at radius 1 is 1.36 bits per heavy atom. The first-order valence-electron chi connectivity index (χ1n) is 8.33. The average molecular weight is 350 g/mol. The number of aliphatic carboxylic acids is 1. The van der Waals surface area contributed by atoms with Crippen LogP contribution in [0.5, 0.6) is 5.75 Å². The fourth-order valence-corrected chi connectivity index (χ4v) is 2.77. The zero-order valence-corrected chi connectivity index (χ0v) is 15.0. The summed E-state index contributed by atoms with van der Waals surface area (Å²) >= 11 is 0. The van der Waals surface area contributed by atoms with Crippen molar-refractivity contribution in [2.75, 3.05) is 33.4 Å². The topological polar surface area (TPSA) is 88.1 Å². The normalized spacial score (nSPS) is 19.7. The van der Waals surface area contributed by atoms with E-state index >= 15 is 0 Å². The second-order valence-corrected chi connectivity index (χ2v) is 6.65. The third-order valence-electron chi connectivity index (χ3n) is 4.47. The largest absolute Gasteiger partial charge is 0.491 e. The molecule has 2 N–H and O–H groups in total. The van der Waals surface area contributed by atoms with Crippen molar-refractivity contribution < 1.29 is 24.2 Å². The molecule has 25 heavy (non-hydrogen) atoms. The van der Waals surface area contributed by atoms with E-state index < -0.39 is 11.4 Å². The average Bonchev–Trinajstić information content (AvgIpc) is 2.98. The highest BCUT2D eigenvalue weighted by atomic mass is 16.5. The van der Waals surface area contributed by atoms with Gasteiger partial charge >= 0.3 is 12.0 Å². The van der Waals surface area contributed by atoms with Gasteiger partial charge in [0.1, 0.15) is 12.4 Å². The number of nitrogens with one attached hydrogen (secondary N) is 1. The molecule has 1 aliphatic rings. The van der Waals surface area contributed by atoms with Crippen molar-refractivity contribution in [2.45, 2.75) is 26.8 Å². The summed E-state index contributed by atoms with van der Waals surface area (Å²) in [7, 11) is 1.61. The van der Waals surface area contributed by atoms with E-state index in [0.29, 0.717) is 38.5 Å². The lowest BCUT2D eigenvalue weighted by molar-refractivity contribution is -0.147. The molecule has 1 aromatic rings. The molecule has 1 atom stereocenters. The van der Waals surface area contributed by atoms with Crippen molar-refractivity contribution in [1.29, 1.82) is 0 Å².